The first kappa shape index (κ1) is 16.2. The van der Waals surface area contributed by atoms with Crippen molar-refractivity contribution in [2.75, 3.05) is 13.7 Å². The van der Waals surface area contributed by atoms with Gasteiger partial charge in [0.15, 0.2) is 0 Å². The van der Waals surface area contributed by atoms with E-state index in [1.54, 1.807) is 13.2 Å². The number of ether oxygens (including phenoxy) is 1. The van der Waals surface area contributed by atoms with Gasteiger partial charge in [-0.15, -0.1) is 0 Å². The first-order valence-corrected chi connectivity index (χ1v) is 6.80. The van der Waals surface area contributed by atoms with Gasteiger partial charge in [0.25, 0.3) is 0 Å². The molecule has 0 fully saturated rings. The summed E-state index contributed by atoms with van der Waals surface area (Å²) in [6.45, 7) is 4.34. The first-order chi connectivity index (χ1) is 9.52. The van der Waals surface area contributed by atoms with E-state index in [-0.39, 0.29) is 12.5 Å². The van der Waals surface area contributed by atoms with E-state index in [2.05, 4.69) is 5.32 Å². The van der Waals surface area contributed by atoms with Crippen molar-refractivity contribution in [1.29, 1.82) is 0 Å². The van der Waals surface area contributed by atoms with Crippen LogP contribution in [-0.4, -0.2) is 30.8 Å². The largest absolute Gasteiger partial charge is 0.496 e. The molecule has 0 aromatic heterocycles. The third-order valence-corrected chi connectivity index (χ3v) is 2.81. The number of nitrogens with one attached hydrogen (secondary N) is 1. The van der Waals surface area contributed by atoms with Gasteiger partial charge < -0.3 is 15.2 Å². The van der Waals surface area contributed by atoms with Gasteiger partial charge in [0.2, 0.25) is 5.91 Å². The first-order valence-electron chi connectivity index (χ1n) is 6.80. The fraction of sp³-hybridized carbons (Fsp3) is 0.438. The van der Waals surface area contributed by atoms with Crippen molar-refractivity contribution < 1.29 is 14.6 Å². The standard InChI is InChI=1S/C16H23NO3/c1-12(2)10-14(18)11-17-16(19)9-8-13-6-4-5-7-15(13)20-3/h4-9,12,14,18H,10-11H2,1-3H3,(H,17,19)/b9-8+. The Labute approximate surface area is 120 Å². The van der Waals surface area contributed by atoms with E-state index in [1.165, 1.54) is 6.08 Å². The smallest absolute Gasteiger partial charge is 0.244 e. The summed E-state index contributed by atoms with van der Waals surface area (Å²) < 4.78 is 5.20. The maximum Gasteiger partial charge on any atom is 0.244 e. The zero-order valence-corrected chi connectivity index (χ0v) is 12.3. The fourth-order valence-electron chi connectivity index (χ4n) is 1.87. The summed E-state index contributed by atoms with van der Waals surface area (Å²) in [5.41, 5.74) is 0.841. The van der Waals surface area contributed by atoms with Gasteiger partial charge in [0.05, 0.1) is 13.2 Å². The highest BCUT2D eigenvalue weighted by molar-refractivity contribution is 5.92. The lowest BCUT2D eigenvalue weighted by molar-refractivity contribution is -0.116. The van der Waals surface area contributed by atoms with Crippen molar-refractivity contribution in [1.82, 2.24) is 5.32 Å². The van der Waals surface area contributed by atoms with Crippen LogP contribution < -0.4 is 10.1 Å². The number of benzene rings is 1. The molecule has 0 radical (unpaired) electrons. The Morgan fingerprint density at radius 2 is 2.10 bits per heavy atom. The average Bonchev–Trinajstić information content (AvgIpc) is 2.42. The highest BCUT2D eigenvalue weighted by Crippen LogP contribution is 2.18. The third-order valence-electron chi connectivity index (χ3n) is 2.81. The predicted molar refractivity (Wildman–Crippen MR) is 80.5 cm³/mol. The predicted octanol–water partition coefficient (Wildman–Crippen LogP) is 2.23. The van der Waals surface area contributed by atoms with Crippen molar-refractivity contribution in [2.24, 2.45) is 5.92 Å². The zero-order chi connectivity index (χ0) is 15.0. The molecule has 0 bridgehead atoms. The SMILES string of the molecule is COc1ccccc1/C=C/C(=O)NCC(O)CC(C)C. The lowest BCUT2D eigenvalue weighted by Crippen LogP contribution is -2.31. The van der Waals surface area contributed by atoms with Crippen LogP contribution in [0.1, 0.15) is 25.8 Å². The minimum Gasteiger partial charge on any atom is -0.496 e. The molecule has 1 atom stereocenters. The molecular weight excluding hydrogens is 254 g/mol. The van der Waals surface area contributed by atoms with E-state index in [4.69, 9.17) is 4.74 Å². The Balaban J connectivity index is 2.47. The molecule has 0 saturated heterocycles. The molecule has 4 heteroatoms. The summed E-state index contributed by atoms with van der Waals surface area (Å²) in [6, 6.07) is 7.46. The van der Waals surface area contributed by atoms with Crippen LogP contribution >= 0.6 is 0 Å². The quantitative estimate of drug-likeness (QED) is 0.751. The van der Waals surface area contributed by atoms with Crippen molar-refractivity contribution in [3.63, 3.8) is 0 Å². The minimum atomic E-state index is -0.501. The molecule has 1 unspecified atom stereocenters. The van der Waals surface area contributed by atoms with E-state index in [0.29, 0.717) is 12.3 Å². The van der Waals surface area contributed by atoms with Crippen molar-refractivity contribution in [3.8, 4) is 5.75 Å². The van der Waals surface area contributed by atoms with Crippen LogP contribution in [0, 0.1) is 5.92 Å². The second-order valence-electron chi connectivity index (χ2n) is 5.10. The summed E-state index contributed by atoms with van der Waals surface area (Å²) in [5.74, 6) is 0.904. The van der Waals surface area contributed by atoms with Gasteiger partial charge in [-0.1, -0.05) is 32.0 Å². The van der Waals surface area contributed by atoms with Gasteiger partial charge >= 0.3 is 0 Å². The van der Waals surface area contributed by atoms with E-state index in [1.807, 2.05) is 38.1 Å². The van der Waals surface area contributed by atoms with Crippen LogP contribution in [0.2, 0.25) is 0 Å². The number of aliphatic hydroxyl groups excluding tert-OH is 1. The number of rotatable bonds is 7. The summed E-state index contributed by atoms with van der Waals surface area (Å²) in [7, 11) is 1.59. The number of carbonyl (C=O) groups excluding carboxylic acids is 1. The molecule has 1 aromatic rings. The second-order valence-corrected chi connectivity index (χ2v) is 5.10. The van der Waals surface area contributed by atoms with E-state index in [9.17, 15) is 9.90 Å². The molecule has 1 rings (SSSR count). The number of carbonyl (C=O) groups is 1. The van der Waals surface area contributed by atoms with Crippen molar-refractivity contribution in [2.45, 2.75) is 26.4 Å². The fourth-order valence-corrected chi connectivity index (χ4v) is 1.87. The number of aliphatic hydroxyl groups is 1. The van der Waals surface area contributed by atoms with Gasteiger partial charge in [-0.05, 0) is 24.5 Å². The molecule has 4 nitrogen and oxygen atoms in total. The molecule has 2 N–H and O–H groups in total. The van der Waals surface area contributed by atoms with Gasteiger partial charge in [0.1, 0.15) is 5.75 Å². The Hall–Kier alpha value is -1.81. The van der Waals surface area contributed by atoms with Crippen molar-refractivity contribution >= 4 is 12.0 Å². The molecule has 0 spiro atoms. The van der Waals surface area contributed by atoms with Crippen LogP contribution in [0.5, 0.6) is 5.75 Å². The summed E-state index contributed by atoms with van der Waals surface area (Å²) in [5, 5.41) is 12.4. The number of amides is 1. The molecule has 20 heavy (non-hydrogen) atoms. The molecule has 1 aromatic carbocycles. The van der Waals surface area contributed by atoms with Crippen LogP contribution in [0.25, 0.3) is 6.08 Å². The van der Waals surface area contributed by atoms with Gasteiger partial charge in [0, 0.05) is 18.2 Å². The van der Waals surface area contributed by atoms with Crippen LogP contribution in [0.15, 0.2) is 30.3 Å². The Morgan fingerprint density at radius 3 is 2.75 bits per heavy atom. The topological polar surface area (TPSA) is 58.6 Å². The van der Waals surface area contributed by atoms with Crippen molar-refractivity contribution in [3.05, 3.63) is 35.9 Å². The van der Waals surface area contributed by atoms with Crippen LogP contribution in [0.3, 0.4) is 0 Å². The average molecular weight is 277 g/mol. The number of hydrogen-bond acceptors (Lipinski definition) is 3. The maximum absolute atomic E-state index is 11.7. The maximum atomic E-state index is 11.7. The molecule has 110 valence electrons. The highest BCUT2D eigenvalue weighted by atomic mass is 16.5. The summed E-state index contributed by atoms with van der Waals surface area (Å²) >= 11 is 0. The van der Waals surface area contributed by atoms with Gasteiger partial charge in [-0.25, -0.2) is 0 Å². The van der Waals surface area contributed by atoms with E-state index < -0.39 is 6.10 Å². The Morgan fingerprint density at radius 1 is 1.40 bits per heavy atom. The number of hydrogen-bond donors (Lipinski definition) is 2. The minimum absolute atomic E-state index is 0.223. The number of methoxy groups -OCH3 is 1. The molecular formula is C16H23NO3. The summed E-state index contributed by atoms with van der Waals surface area (Å²) in [4.78, 5) is 11.7. The summed E-state index contributed by atoms with van der Waals surface area (Å²) in [6.07, 6.45) is 3.32. The Bertz CT molecular complexity index is 455. The monoisotopic (exact) mass is 277 g/mol. The van der Waals surface area contributed by atoms with Gasteiger partial charge in [-0.3, -0.25) is 4.79 Å². The molecule has 0 aliphatic rings. The van der Waals surface area contributed by atoms with E-state index in [0.717, 1.165) is 11.3 Å². The normalized spacial score (nSPS) is 12.7. The van der Waals surface area contributed by atoms with Gasteiger partial charge in [-0.2, -0.15) is 0 Å². The molecule has 0 saturated carbocycles. The lowest BCUT2D eigenvalue weighted by atomic mass is 10.1. The molecule has 0 aliphatic heterocycles. The zero-order valence-electron chi connectivity index (χ0n) is 12.3. The Kier molecular flexibility index (Phi) is 6.81. The molecule has 0 heterocycles. The second kappa shape index (κ2) is 8.38. The molecule has 1 amide bonds. The third kappa shape index (κ3) is 5.89. The lowest BCUT2D eigenvalue weighted by Gasteiger charge is -2.12. The van der Waals surface area contributed by atoms with Crippen LogP contribution in [-0.2, 0) is 4.79 Å². The molecule has 0 aliphatic carbocycles. The van der Waals surface area contributed by atoms with E-state index >= 15 is 0 Å². The number of para-hydroxylation sites is 1. The highest BCUT2D eigenvalue weighted by Gasteiger charge is 2.07. The van der Waals surface area contributed by atoms with Crippen LogP contribution in [0.4, 0.5) is 0 Å².